The summed E-state index contributed by atoms with van der Waals surface area (Å²) in [4.78, 5) is 8.38. The van der Waals surface area contributed by atoms with Crippen molar-refractivity contribution in [3.05, 3.63) is 17.0 Å². The Morgan fingerprint density at radius 1 is 1.32 bits per heavy atom. The van der Waals surface area contributed by atoms with Crippen molar-refractivity contribution < 1.29 is 19.7 Å². The standard InChI is InChI=1S/C17H28ClN3O4/c1-3-24-9-12(25-4-2)7-13-16(18)19-10-20-17(13)21-14-5-11(8-22)6-15(14)23/h10-12,14-15,22-23H,3-9H2,1-2H3,(H,19,20,21)/t11-,12?,14?,15?/m0/s1. The predicted octanol–water partition coefficient (Wildman–Crippen LogP) is 1.66. The predicted molar refractivity (Wildman–Crippen MR) is 95.9 cm³/mol. The highest BCUT2D eigenvalue weighted by molar-refractivity contribution is 6.30. The van der Waals surface area contributed by atoms with Gasteiger partial charge in [0.2, 0.25) is 0 Å². The van der Waals surface area contributed by atoms with Crippen LogP contribution in [0, 0.1) is 5.92 Å². The summed E-state index contributed by atoms with van der Waals surface area (Å²) in [6, 6.07) is -0.167. The summed E-state index contributed by atoms with van der Waals surface area (Å²) in [6.45, 7) is 5.61. The number of aromatic nitrogens is 2. The third kappa shape index (κ3) is 5.76. The number of aliphatic hydroxyl groups is 2. The molecule has 0 aromatic carbocycles. The number of rotatable bonds is 10. The minimum absolute atomic E-state index is 0.0768. The monoisotopic (exact) mass is 373 g/mol. The molecule has 0 radical (unpaired) electrons. The lowest BCUT2D eigenvalue weighted by Crippen LogP contribution is -2.30. The Balaban J connectivity index is 2.12. The van der Waals surface area contributed by atoms with Gasteiger partial charge in [-0.15, -0.1) is 0 Å². The molecule has 1 aliphatic carbocycles. The van der Waals surface area contributed by atoms with Crippen LogP contribution in [0.3, 0.4) is 0 Å². The van der Waals surface area contributed by atoms with Gasteiger partial charge >= 0.3 is 0 Å². The van der Waals surface area contributed by atoms with Gasteiger partial charge in [-0.1, -0.05) is 11.6 Å². The average molecular weight is 374 g/mol. The van der Waals surface area contributed by atoms with Crippen molar-refractivity contribution in [2.45, 2.75) is 51.4 Å². The molecule has 0 amide bonds. The van der Waals surface area contributed by atoms with Crippen LogP contribution in [0.1, 0.15) is 32.3 Å². The summed E-state index contributed by atoms with van der Waals surface area (Å²) in [5.41, 5.74) is 0.752. The highest BCUT2D eigenvalue weighted by Crippen LogP contribution is 2.30. The molecule has 1 aliphatic rings. The molecule has 2 rings (SSSR count). The van der Waals surface area contributed by atoms with Crippen molar-refractivity contribution in [1.29, 1.82) is 0 Å². The second kappa shape index (κ2) is 10.2. The molecule has 7 nitrogen and oxygen atoms in total. The van der Waals surface area contributed by atoms with Crippen molar-refractivity contribution in [3.8, 4) is 0 Å². The number of hydrogen-bond donors (Lipinski definition) is 3. The first-order valence-corrected chi connectivity index (χ1v) is 9.20. The number of anilines is 1. The Kier molecular flexibility index (Phi) is 8.32. The first-order chi connectivity index (χ1) is 12.1. The Morgan fingerprint density at radius 3 is 2.76 bits per heavy atom. The summed E-state index contributed by atoms with van der Waals surface area (Å²) >= 11 is 6.30. The van der Waals surface area contributed by atoms with Crippen LogP contribution in [0.25, 0.3) is 0 Å². The molecule has 0 spiro atoms. The number of nitrogens with zero attached hydrogens (tertiary/aromatic N) is 2. The molecule has 25 heavy (non-hydrogen) atoms. The highest BCUT2D eigenvalue weighted by atomic mass is 35.5. The Morgan fingerprint density at radius 2 is 2.12 bits per heavy atom. The molecule has 1 aromatic rings. The fraction of sp³-hybridized carbons (Fsp3) is 0.765. The summed E-state index contributed by atoms with van der Waals surface area (Å²) in [6.07, 6.45) is 2.51. The fourth-order valence-corrected chi connectivity index (χ4v) is 3.38. The van der Waals surface area contributed by atoms with Gasteiger partial charge in [-0.3, -0.25) is 0 Å². The lowest BCUT2D eigenvalue weighted by atomic mass is 10.1. The lowest BCUT2D eigenvalue weighted by Gasteiger charge is -2.22. The van der Waals surface area contributed by atoms with Crippen molar-refractivity contribution >= 4 is 17.4 Å². The van der Waals surface area contributed by atoms with Gasteiger partial charge in [-0.2, -0.15) is 0 Å². The SMILES string of the molecule is CCOCC(Cc1c(Cl)ncnc1NC1C[C@H](CO)CC1O)OCC. The zero-order valence-electron chi connectivity index (χ0n) is 14.8. The van der Waals surface area contributed by atoms with Crippen LogP contribution in [-0.4, -0.2) is 64.9 Å². The first kappa shape index (κ1) is 20.3. The van der Waals surface area contributed by atoms with Gasteiger partial charge in [0.1, 0.15) is 17.3 Å². The van der Waals surface area contributed by atoms with E-state index >= 15 is 0 Å². The molecule has 142 valence electrons. The zero-order valence-corrected chi connectivity index (χ0v) is 15.6. The van der Waals surface area contributed by atoms with Gasteiger partial charge in [0.05, 0.1) is 24.9 Å². The number of aliphatic hydroxyl groups excluding tert-OH is 2. The molecule has 3 unspecified atom stereocenters. The van der Waals surface area contributed by atoms with Crippen molar-refractivity contribution in [2.24, 2.45) is 5.92 Å². The summed E-state index contributed by atoms with van der Waals surface area (Å²) in [5.74, 6) is 0.700. The van der Waals surface area contributed by atoms with Gasteiger partial charge in [-0.05, 0) is 32.6 Å². The van der Waals surface area contributed by atoms with E-state index in [-0.39, 0.29) is 24.7 Å². The van der Waals surface area contributed by atoms with Crippen LogP contribution in [0.4, 0.5) is 5.82 Å². The highest BCUT2D eigenvalue weighted by Gasteiger charge is 2.33. The van der Waals surface area contributed by atoms with Gasteiger partial charge in [0.25, 0.3) is 0 Å². The van der Waals surface area contributed by atoms with E-state index < -0.39 is 6.10 Å². The molecule has 3 N–H and O–H groups in total. The molecular weight excluding hydrogens is 346 g/mol. The van der Waals surface area contributed by atoms with Crippen LogP contribution in [-0.2, 0) is 15.9 Å². The van der Waals surface area contributed by atoms with Crippen LogP contribution < -0.4 is 5.32 Å². The lowest BCUT2D eigenvalue weighted by molar-refractivity contribution is -0.00768. The molecule has 8 heteroatoms. The third-order valence-corrected chi connectivity index (χ3v) is 4.77. The molecule has 0 bridgehead atoms. The zero-order chi connectivity index (χ0) is 18.2. The van der Waals surface area contributed by atoms with Crippen LogP contribution in [0.2, 0.25) is 5.15 Å². The number of ether oxygens (including phenoxy) is 2. The molecule has 0 saturated heterocycles. The Bertz CT molecular complexity index is 535. The van der Waals surface area contributed by atoms with E-state index in [0.29, 0.717) is 50.1 Å². The molecule has 4 atom stereocenters. The molecule has 1 fully saturated rings. The topological polar surface area (TPSA) is 96.7 Å². The fourth-order valence-electron chi connectivity index (χ4n) is 3.17. The molecular formula is C17H28ClN3O4. The maximum Gasteiger partial charge on any atom is 0.137 e. The third-order valence-electron chi connectivity index (χ3n) is 4.44. The summed E-state index contributed by atoms with van der Waals surface area (Å²) in [7, 11) is 0. The van der Waals surface area contributed by atoms with E-state index in [9.17, 15) is 10.2 Å². The number of halogens is 1. The van der Waals surface area contributed by atoms with Gasteiger partial charge < -0.3 is 25.0 Å². The second-order valence-electron chi connectivity index (χ2n) is 6.27. The number of hydrogen-bond acceptors (Lipinski definition) is 7. The second-order valence-corrected chi connectivity index (χ2v) is 6.63. The molecule has 1 aromatic heterocycles. The maximum atomic E-state index is 10.2. The largest absolute Gasteiger partial charge is 0.396 e. The smallest absolute Gasteiger partial charge is 0.137 e. The quantitative estimate of drug-likeness (QED) is 0.536. The summed E-state index contributed by atoms with van der Waals surface area (Å²) < 4.78 is 11.2. The van der Waals surface area contributed by atoms with Crippen molar-refractivity contribution in [1.82, 2.24) is 9.97 Å². The average Bonchev–Trinajstić information content (AvgIpc) is 2.95. The maximum absolute atomic E-state index is 10.2. The molecule has 1 saturated carbocycles. The van der Waals surface area contributed by atoms with Gasteiger partial charge in [-0.25, -0.2) is 9.97 Å². The first-order valence-electron chi connectivity index (χ1n) is 8.83. The van der Waals surface area contributed by atoms with E-state index in [1.807, 2.05) is 13.8 Å². The van der Waals surface area contributed by atoms with Crippen molar-refractivity contribution in [3.63, 3.8) is 0 Å². The van der Waals surface area contributed by atoms with E-state index in [4.69, 9.17) is 21.1 Å². The Hall–Kier alpha value is -0.990. The molecule has 1 heterocycles. The van der Waals surface area contributed by atoms with E-state index in [1.54, 1.807) is 0 Å². The summed E-state index contributed by atoms with van der Waals surface area (Å²) in [5, 5.41) is 23.2. The van der Waals surface area contributed by atoms with Crippen LogP contribution in [0.15, 0.2) is 6.33 Å². The molecule has 0 aliphatic heterocycles. The van der Waals surface area contributed by atoms with Crippen LogP contribution in [0.5, 0.6) is 0 Å². The van der Waals surface area contributed by atoms with Crippen LogP contribution >= 0.6 is 11.6 Å². The minimum atomic E-state index is -0.523. The number of nitrogens with one attached hydrogen (secondary N) is 1. The van der Waals surface area contributed by atoms with E-state index in [2.05, 4.69) is 15.3 Å². The Labute approximate surface area is 153 Å². The van der Waals surface area contributed by atoms with E-state index in [0.717, 1.165) is 5.56 Å². The van der Waals surface area contributed by atoms with E-state index in [1.165, 1.54) is 6.33 Å². The minimum Gasteiger partial charge on any atom is -0.396 e. The van der Waals surface area contributed by atoms with Crippen molar-refractivity contribution in [2.75, 3.05) is 31.7 Å². The van der Waals surface area contributed by atoms with Gasteiger partial charge in [0.15, 0.2) is 0 Å². The normalized spacial score (nSPS) is 24.4. The van der Waals surface area contributed by atoms with Gasteiger partial charge in [0, 0.05) is 31.8 Å².